The molecule has 4 rings (SSSR count). The zero-order valence-electron chi connectivity index (χ0n) is 17.3. The highest BCUT2D eigenvalue weighted by Gasteiger charge is 2.21. The van der Waals surface area contributed by atoms with Crippen molar-refractivity contribution in [2.75, 3.05) is 27.0 Å². The maximum Gasteiger partial charge on any atom is 0.256 e. The van der Waals surface area contributed by atoms with Crippen LogP contribution in [-0.2, 0) is 19.5 Å². The fourth-order valence-electron chi connectivity index (χ4n) is 3.63. The highest BCUT2D eigenvalue weighted by atomic mass is 32.2. The largest absolute Gasteiger partial charge is 0.493 e. The summed E-state index contributed by atoms with van der Waals surface area (Å²) in [6.45, 7) is 2.21. The van der Waals surface area contributed by atoms with E-state index in [1.54, 1.807) is 14.2 Å². The van der Waals surface area contributed by atoms with Gasteiger partial charge >= 0.3 is 0 Å². The van der Waals surface area contributed by atoms with Crippen LogP contribution in [0, 0.1) is 0 Å². The monoisotopic (exact) mass is 424 g/mol. The predicted molar refractivity (Wildman–Crippen MR) is 117 cm³/mol. The average Bonchev–Trinajstić information content (AvgIpc) is 2.79. The van der Waals surface area contributed by atoms with E-state index in [1.807, 2.05) is 36.7 Å². The van der Waals surface area contributed by atoms with Crippen molar-refractivity contribution in [1.82, 2.24) is 19.9 Å². The number of fused-ring (bicyclic) bond motifs is 1. The molecule has 0 atom stereocenters. The van der Waals surface area contributed by atoms with Crippen LogP contribution >= 0.6 is 11.8 Å². The molecular formula is C22H24N4O3S. The highest BCUT2D eigenvalue weighted by molar-refractivity contribution is 7.98. The Balaban J connectivity index is 1.48. The molecular weight excluding hydrogens is 400 g/mol. The van der Waals surface area contributed by atoms with Gasteiger partial charge < -0.3 is 14.5 Å². The molecule has 0 unspecified atom stereocenters. The second kappa shape index (κ2) is 8.89. The Morgan fingerprint density at radius 3 is 2.70 bits per heavy atom. The van der Waals surface area contributed by atoms with Gasteiger partial charge in [-0.25, -0.2) is 4.98 Å². The number of ether oxygens (including phenoxy) is 2. The number of methoxy groups -OCH3 is 2. The summed E-state index contributed by atoms with van der Waals surface area (Å²) in [6, 6.07) is 9.85. The molecule has 1 N–H and O–H groups in total. The summed E-state index contributed by atoms with van der Waals surface area (Å²) in [4.78, 5) is 26.7. The van der Waals surface area contributed by atoms with Gasteiger partial charge in [-0.1, -0.05) is 17.8 Å². The maximum atomic E-state index is 12.4. The van der Waals surface area contributed by atoms with E-state index in [-0.39, 0.29) is 5.56 Å². The number of pyridine rings is 1. The standard InChI is InChI=1S/C22H24N4O3S/c1-28-19-7-5-15(10-20(19)29-2)17-6-4-14(11-23-17)12-26-9-8-18-16(13-26)21(27)25-22(24-18)30-3/h4-7,10-11H,8-9,12-13H2,1-3H3,(H,24,25,27). The van der Waals surface area contributed by atoms with E-state index in [0.29, 0.717) is 23.2 Å². The van der Waals surface area contributed by atoms with Crippen LogP contribution in [0.4, 0.5) is 0 Å². The molecule has 7 nitrogen and oxygen atoms in total. The van der Waals surface area contributed by atoms with Gasteiger partial charge in [0.2, 0.25) is 0 Å². The Morgan fingerprint density at radius 2 is 2.00 bits per heavy atom. The smallest absolute Gasteiger partial charge is 0.256 e. The van der Waals surface area contributed by atoms with Crippen LogP contribution in [-0.4, -0.2) is 46.9 Å². The molecule has 1 aliphatic rings. The molecule has 0 spiro atoms. The molecule has 0 radical (unpaired) electrons. The van der Waals surface area contributed by atoms with Crippen LogP contribution in [0.3, 0.4) is 0 Å². The van der Waals surface area contributed by atoms with Crippen molar-refractivity contribution in [3.8, 4) is 22.8 Å². The molecule has 0 bridgehead atoms. The van der Waals surface area contributed by atoms with Crippen molar-refractivity contribution >= 4 is 11.8 Å². The van der Waals surface area contributed by atoms with Crippen molar-refractivity contribution in [2.24, 2.45) is 0 Å². The highest BCUT2D eigenvalue weighted by Crippen LogP contribution is 2.31. The van der Waals surface area contributed by atoms with Gasteiger partial charge in [-0.2, -0.15) is 0 Å². The van der Waals surface area contributed by atoms with Crippen molar-refractivity contribution < 1.29 is 9.47 Å². The average molecular weight is 425 g/mol. The van der Waals surface area contributed by atoms with Crippen LogP contribution in [0.2, 0.25) is 0 Å². The van der Waals surface area contributed by atoms with Gasteiger partial charge in [0, 0.05) is 37.8 Å². The van der Waals surface area contributed by atoms with Crippen LogP contribution in [0.15, 0.2) is 46.5 Å². The van der Waals surface area contributed by atoms with Crippen molar-refractivity contribution in [2.45, 2.75) is 24.7 Å². The van der Waals surface area contributed by atoms with E-state index in [1.165, 1.54) is 11.8 Å². The lowest BCUT2D eigenvalue weighted by Crippen LogP contribution is -2.35. The summed E-state index contributed by atoms with van der Waals surface area (Å²) in [5.74, 6) is 1.37. The summed E-state index contributed by atoms with van der Waals surface area (Å²) in [5, 5.41) is 0.683. The number of nitrogens with one attached hydrogen (secondary N) is 1. The van der Waals surface area contributed by atoms with E-state index < -0.39 is 0 Å². The van der Waals surface area contributed by atoms with E-state index in [4.69, 9.17) is 9.47 Å². The Bertz CT molecular complexity index is 1100. The number of thioether (sulfide) groups is 1. The summed E-state index contributed by atoms with van der Waals surface area (Å²) in [7, 11) is 3.24. The summed E-state index contributed by atoms with van der Waals surface area (Å²) < 4.78 is 10.7. The number of rotatable bonds is 6. The van der Waals surface area contributed by atoms with E-state index in [2.05, 4.69) is 25.9 Å². The molecule has 30 heavy (non-hydrogen) atoms. The van der Waals surface area contributed by atoms with Gasteiger partial charge in [-0.05, 0) is 36.1 Å². The topological polar surface area (TPSA) is 80.3 Å². The van der Waals surface area contributed by atoms with Crippen LogP contribution in [0.25, 0.3) is 11.3 Å². The number of hydrogen-bond donors (Lipinski definition) is 1. The quantitative estimate of drug-likeness (QED) is 0.481. The lowest BCUT2D eigenvalue weighted by atomic mass is 10.1. The lowest BCUT2D eigenvalue weighted by Gasteiger charge is -2.27. The first-order valence-corrected chi connectivity index (χ1v) is 10.9. The van der Waals surface area contributed by atoms with Gasteiger partial charge in [0.1, 0.15) is 0 Å². The van der Waals surface area contributed by atoms with Gasteiger partial charge in [-0.3, -0.25) is 14.7 Å². The molecule has 3 aromatic rings. The Hall–Kier alpha value is -2.84. The number of H-pyrrole nitrogens is 1. The Kier molecular flexibility index (Phi) is 6.06. The third kappa shape index (κ3) is 4.20. The second-order valence-electron chi connectivity index (χ2n) is 7.08. The van der Waals surface area contributed by atoms with Crippen molar-refractivity contribution in [1.29, 1.82) is 0 Å². The molecule has 8 heteroatoms. The lowest BCUT2D eigenvalue weighted by molar-refractivity contribution is 0.240. The minimum absolute atomic E-state index is 0.0315. The first-order chi connectivity index (χ1) is 14.6. The first-order valence-electron chi connectivity index (χ1n) is 9.67. The van der Waals surface area contributed by atoms with E-state index in [0.717, 1.165) is 47.6 Å². The molecule has 2 aromatic heterocycles. The normalized spacial score (nSPS) is 13.7. The fraction of sp³-hybridized carbons (Fsp3) is 0.318. The Labute approximate surface area is 179 Å². The molecule has 1 aromatic carbocycles. The number of benzene rings is 1. The third-order valence-corrected chi connectivity index (χ3v) is 5.81. The van der Waals surface area contributed by atoms with Gasteiger partial charge in [-0.15, -0.1) is 0 Å². The second-order valence-corrected chi connectivity index (χ2v) is 7.88. The molecule has 156 valence electrons. The van der Waals surface area contributed by atoms with Crippen molar-refractivity contribution in [3.05, 3.63) is 63.7 Å². The number of aromatic nitrogens is 3. The molecule has 0 amide bonds. The predicted octanol–water partition coefficient (Wildman–Crippen LogP) is 3.13. The molecule has 3 heterocycles. The molecule has 0 saturated carbocycles. The molecule has 0 aliphatic carbocycles. The van der Waals surface area contributed by atoms with Crippen LogP contribution < -0.4 is 15.0 Å². The summed E-state index contributed by atoms with van der Waals surface area (Å²) in [6.07, 6.45) is 4.59. The summed E-state index contributed by atoms with van der Waals surface area (Å²) in [5.41, 5.74) is 4.60. The van der Waals surface area contributed by atoms with Crippen molar-refractivity contribution in [3.63, 3.8) is 0 Å². The SMILES string of the molecule is COc1ccc(-c2ccc(CN3CCc4nc(SC)[nH]c(=O)c4C3)cn2)cc1OC. The minimum Gasteiger partial charge on any atom is -0.493 e. The first kappa shape index (κ1) is 20.4. The summed E-state index contributed by atoms with van der Waals surface area (Å²) >= 11 is 1.46. The van der Waals surface area contributed by atoms with E-state index >= 15 is 0 Å². The number of nitrogens with zero attached hydrogens (tertiary/aromatic N) is 3. The zero-order chi connectivity index (χ0) is 21.1. The van der Waals surface area contributed by atoms with E-state index in [9.17, 15) is 4.79 Å². The van der Waals surface area contributed by atoms with Crippen LogP contribution in [0.5, 0.6) is 11.5 Å². The fourth-order valence-corrected chi connectivity index (χ4v) is 4.03. The maximum absolute atomic E-state index is 12.4. The Morgan fingerprint density at radius 1 is 1.17 bits per heavy atom. The molecule has 1 aliphatic heterocycles. The molecule has 0 fully saturated rings. The number of aromatic amines is 1. The van der Waals surface area contributed by atoms with Crippen LogP contribution in [0.1, 0.15) is 16.8 Å². The third-order valence-electron chi connectivity index (χ3n) is 5.23. The van der Waals surface area contributed by atoms with Gasteiger partial charge in [0.25, 0.3) is 5.56 Å². The minimum atomic E-state index is -0.0315. The zero-order valence-corrected chi connectivity index (χ0v) is 18.1. The molecule has 0 saturated heterocycles. The number of hydrogen-bond acceptors (Lipinski definition) is 7. The van der Waals surface area contributed by atoms with Gasteiger partial charge in [0.15, 0.2) is 16.7 Å². The van der Waals surface area contributed by atoms with Gasteiger partial charge in [0.05, 0.1) is 31.2 Å².